The first-order valence-electron chi connectivity index (χ1n) is 7.41. The van der Waals surface area contributed by atoms with Gasteiger partial charge in [0.15, 0.2) is 0 Å². The van der Waals surface area contributed by atoms with Gasteiger partial charge in [0.1, 0.15) is 5.82 Å². The Bertz CT molecular complexity index is 832. The molecule has 0 fully saturated rings. The number of benzene rings is 1. The van der Waals surface area contributed by atoms with Gasteiger partial charge in [0.25, 0.3) is 0 Å². The van der Waals surface area contributed by atoms with Crippen LogP contribution in [0.25, 0.3) is 0 Å². The maximum atomic E-state index is 12.0. The summed E-state index contributed by atoms with van der Waals surface area (Å²) in [5, 5.41) is 8.70. The van der Waals surface area contributed by atoms with Crippen molar-refractivity contribution >= 4 is 46.0 Å². The zero-order valence-electron chi connectivity index (χ0n) is 13.0. The fourth-order valence-corrected chi connectivity index (χ4v) is 3.06. The molecule has 2 heterocycles. The van der Waals surface area contributed by atoms with Crippen LogP contribution in [-0.2, 0) is 11.2 Å². The Kier molecular flexibility index (Phi) is 5.13. The fraction of sp³-hybridized carbons (Fsp3) is 0.111. The van der Waals surface area contributed by atoms with Crippen molar-refractivity contribution in [3.8, 4) is 0 Å². The van der Waals surface area contributed by atoms with Crippen molar-refractivity contribution in [3.63, 3.8) is 0 Å². The first-order valence-corrected chi connectivity index (χ1v) is 8.67. The lowest BCUT2D eigenvalue weighted by Crippen LogP contribution is -2.14. The molecule has 2 aromatic heterocycles. The molecule has 0 saturated heterocycles. The smallest absolute Gasteiger partial charge is 0.230 e. The number of halogens is 1. The highest BCUT2D eigenvalue weighted by Crippen LogP contribution is 2.24. The predicted molar refractivity (Wildman–Crippen MR) is 100 cm³/mol. The Balaban J connectivity index is 1.62. The first kappa shape index (κ1) is 16.5. The fourth-order valence-electron chi connectivity index (χ4n) is 2.18. The highest BCUT2D eigenvalue weighted by atomic mass is 35.5. The van der Waals surface area contributed by atoms with Gasteiger partial charge in [0, 0.05) is 15.6 Å². The second-order valence-electron chi connectivity index (χ2n) is 5.32. The van der Waals surface area contributed by atoms with E-state index in [1.807, 2.05) is 48.7 Å². The molecule has 0 aliphatic heterocycles. The number of nitrogens with one attached hydrogen (secondary N) is 2. The number of carbonyl (C=O) groups excluding carboxylic acids is 1. The standard InChI is InChI=1S/C18H16ClN3OS/c1-12-4-5-13(19)9-16(12)21-14-6-7-17(20-11-14)22-18(23)10-15-3-2-8-24-15/h2-9,11,21H,10H2,1H3,(H,20,22,23). The molecular weight excluding hydrogens is 342 g/mol. The summed E-state index contributed by atoms with van der Waals surface area (Å²) in [6.07, 6.45) is 2.04. The van der Waals surface area contributed by atoms with Gasteiger partial charge in [-0.1, -0.05) is 23.7 Å². The molecule has 24 heavy (non-hydrogen) atoms. The Morgan fingerprint density at radius 3 is 2.83 bits per heavy atom. The van der Waals surface area contributed by atoms with Crippen LogP contribution in [0.4, 0.5) is 17.2 Å². The van der Waals surface area contributed by atoms with E-state index < -0.39 is 0 Å². The molecule has 0 spiro atoms. The highest BCUT2D eigenvalue weighted by molar-refractivity contribution is 7.10. The molecule has 0 atom stereocenters. The number of hydrogen-bond donors (Lipinski definition) is 2. The summed E-state index contributed by atoms with van der Waals surface area (Å²) >= 11 is 7.59. The summed E-state index contributed by atoms with van der Waals surface area (Å²) in [5.74, 6) is 0.460. The molecule has 4 nitrogen and oxygen atoms in total. The summed E-state index contributed by atoms with van der Waals surface area (Å²) in [7, 11) is 0. The third-order valence-electron chi connectivity index (χ3n) is 3.42. The van der Waals surface area contributed by atoms with Crippen LogP contribution in [-0.4, -0.2) is 10.9 Å². The maximum absolute atomic E-state index is 12.0. The number of pyridine rings is 1. The van der Waals surface area contributed by atoms with Crippen molar-refractivity contribution in [2.75, 3.05) is 10.6 Å². The molecule has 0 unspecified atom stereocenters. The van der Waals surface area contributed by atoms with E-state index in [1.54, 1.807) is 23.6 Å². The minimum atomic E-state index is -0.0728. The first-order chi connectivity index (χ1) is 11.6. The van der Waals surface area contributed by atoms with Crippen LogP contribution in [0.1, 0.15) is 10.4 Å². The molecule has 122 valence electrons. The quantitative estimate of drug-likeness (QED) is 0.673. The van der Waals surface area contributed by atoms with Crippen molar-refractivity contribution in [3.05, 3.63) is 69.5 Å². The molecular formula is C18H16ClN3OS. The van der Waals surface area contributed by atoms with Crippen molar-refractivity contribution < 1.29 is 4.79 Å². The Morgan fingerprint density at radius 2 is 2.12 bits per heavy atom. The summed E-state index contributed by atoms with van der Waals surface area (Å²) < 4.78 is 0. The van der Waals surface area contributed by atoms with Gasteiger partial charge in [-0.05, 0) is 48.2 Å². The van der Waals surface area contributed by atoms with Gasteiger partial charge in [-0.25, -0.2) is 4.98 Å². The van der Waals surface area contributed by atoms with Crippen LogP contribution >= 0.6 is 22.9 Å². The molecule has 3 rings (SSSR count). The van der Waals surface area contributed by atoms with E-state index in [2.05, 4.69) is 15.6 Å². The predicted octanol–water partition coefficient (Wildman–Crippen LogP) is 5.03. The summed E-state index contributed by atoms with van der Waals surface area (Å²) in [5.41, 5.74) is 2.85. The van der Waals surface area contributed by atoms with Crippen LogP contribution in [0.5, 0.6) is 0 Å². The Labute approximate surface area is 149 Å². The van der Waals surface area contributed by atoms with Crippen molar-refractivity contribution in [2.24, 2.45) is 0 Å². The van der Waals surface area contributed by atoms with Gasteiger partial charge >= 0.3 is 0 Å². The van der Waals surface area contributed by atoms with Gasteiger partial charge in [-0.3, -0.25) is 4.79 Å². The molecule has 0 bridgehead atoms. The second-order valence-corrected chi connectivity index (χ2v) is 6.79. The lowest BCUT2D eigenvalue weighted by atomic mass is 10.2. The number of aromatic nitrogens is 1. The van der Waals surface area contributed by atoms with E-state index in [0.717, 1.165) is 21.8 Å². The summed E-state index contributed by atoms with van der Waals surface area (Å²) in [6, 6.07) is 13.2. The van der Waals surface area contributed by atoms with Crippen molar-refractivity contribution in [1.82, 2.24) is 4.98 Å². The number of aryl methyl sites for hydroxylation is 1. The van der Waals surface area contributed by atoms with Crippen LogP contribution in [0, 0.1) is 6.92 Å². The van der Waals surface area contributed by atoms with E-state index in [-0.39, 0.29) is 5.91 Å². The number of anilines is 3. The topological polar surface area (TPSA) is 54.0 Å². The molecule has 2 N–H and O–H groups in total. The second kappa shape index (κ2) is 7.47. The molecule has 1 amide bonds. The number of hydrogen-bond acceptors (Lipinski definition) is 4. The molecule has 1 aromatic carbocycles. The van der Waals surface area contributed by atoms with Gasteiger partial charge in [0.2, 0.25) is 5.91 Å². The third-order valence-corrected chi connectivity index (χ3v) is 4.54. The van der Waals surface area contributed by atoms with Crippen LogP contribution in [0.15, 0.2) is 54.0 Å². The molecule has 3 aromatic rings. The zero-order valence-corrected chi connectivity index (χ0v) is 14.6. The zero-order chi connectivity index (χ0) is 16.9. The Morgan fingerprint density at radius 1 is 1.25 bits per heavy atom. The van der Waals surface area contributed by atoms with Crippen molar-refractivity contribution in [2.45, 2.75) is 13.3 Å². The number of rotatable bonds is 5. The minimum absolute atomic E-state index is 0.0728. The molecule has 6 heteroatoms. The van der Waals surface area contributed by atoms with Gasteiger partial charge in [0.05, 0.1) is 18.3 Å². The molecule has 0 saturated carbocycles. The SMILES string of the molecule is Cc1ccc(Cl)cc1Nc1ccc(NC(=O)Cc2cccs2)nc1. The summed E-state index contributed by atoms with van der Waals surface area (Å²) in [4.78, 5) is 17.3. The number of thiophene rings is 1. The van der Waals surface area contributed by atoms with Crippen LogP contribution in [0.2, 0.25) is 5.02 Å². The molecule has 0 radical (unpaired) electrons. The van der Waals surface area contributed by atoms with Crippen LogP contribution < -0.4 is 10.6 Å². The average molecular weight is 358 g/mol. The van der Waals surface area contributed by atoms with Crippen LogP contribution in [0.3, 0.4) is 0 Å². The lowest BCUT2D eigenvalue weighted by Gasteiger charge is -2.10. The monoisotopic (exact) mass is 357 g/mol. The third kappa shape index (κ3) is 4.34. The molecule has 0 aliphatic carbocycles. The largest absolute Gasteiger partial charge is 0.354 e. The Hall–Kier alpha value is -2.37. The average Bonchev–Trinajstić information content (AvgIpc) is 3.05. The lowest BCUT2D eigenvalue weighted by molar-refractivity contribution is -0.115. The van der Waals surface area contributed by atoms with E-state index in [4.69, 9.17) is 11.6 Å². The normalized spacial score (nSPS) is 10.4. The van der Waals surface area contributed by atoms with E-state index in [0.29, 0.717) is 17.3 Å². The summed E-state index contributed by atoms with van der Waals surface area (Å²) in [6.45, 7) is 2.01. The molecule has 0 aliphatic rings. The minimum Gasteiger partial charge on any atom is -0.354 e. The number of carbonyl (C=O) groups is 1. The van der Waals surface area contributed by atoms with Gasteiger partial charge in [-0.15, -0.1) is 11.3 Å². The number of amides is 1. The van der Waals surface area contributed by atoms with Gasteiger partial charge < -0.3 is 10.6 Å². The van der Waals surface area contributed by atoms with Gasteiger partial charge in [-0.2, -0.15) is 0 Å². The van der Waals surface area contributed by atoms with Crippen molar-refractivity contribution in [1.29, 1.82) is 0 Å². The van der Waals surface area contributed by atoms with E-state index in [9.17, 15) is 4.79 Å². The van der Waals surface area contributed by atoms with E-state index in [1.165, 1.54) is 0 Å². The maximum Gasteiger partial charge on any atom is 0.230 e. The van der Waals surface area contributed by atoms with E-state index >= 15 is 0 Å². The highest BCUT2D eigenvalue weighted by Gasteiger charge is 2.06. The number of nitrogens with zero attached hydrogens (tertiary/aromatic N) is 1.